The number of nitrogens with zero attached hydrogens (tertiary/aromatic N) is 2. The number of nitrogens with two attached hydrogens (primary N) is 3. The largest absolute Gasteiger partial charge is 0.480 e. The minimum Gasteiger partial charge on any atom is -0.480 e. The van der Waals surface area contributed by atoms with Crippen LogP contribution in [-0.4, -0.2) is 98.7 Å². The van der Waals surface area contributed by atoms with Crippen LogP contribution >= 0.6 is 11.8 Å². The highest BCUT2D eigenvalue weighted by atomic mass is 32.2. The van der Waals surface area contributed by atoms with E-state index in [0.29, 0.717) is 17.9 Å². The molecule has 5 unspecified atom stereocenters. The number of aliphatic imine (C=N–C) groups is 1. The Hall–Kier alpha value is -3.37. The molecule has 0 spiro atoms. The molecular formula is C21H37N9O6S. The van der Waals surface area contributed by atoms with Crippen molar-refractivity contribution >= 4 is 41.4 Å². The first-order valence-electron chi connectivity index (χ1n) is 11.5. The normalized spacial score (nSPS) is 14.9. The number of amides is 3. The van der Waals surface area contributed by atoms with E-state index in [1.54, 1.807) is 0 Å². The fraction of sp³-hybridized carbons (Fsp3) is 0.619. The molecule has 0 aliphatic carbocycles. The molecule has 0 aliphatic heterocycles. The topological polar surface area (TPSA) is 264 Å². The quantitative estimate of drug-likeness (QED) is 0.0543. The summed E-state index contributed by atoms with van der Waals surface area (Å²) in [7, 11) is 0. The molecular weight excluding hydrogens is 506 g/mol. The standard InChI is InChI=1S/C21H37N9O6S/c1-11(31)16(22)19(34)29-13(4-3-6-26-21(23)24)17(32)28-14(5-7-37-2)18(33)30-15(20(35)36)8-12-9-25-10-27-12/h9-11,13-16,31H,3-8,22H2,1-2H3,(H,25,27)(H,28,32)(H,29,34)(H,30,33)(H,35,36)(H4,23,24,26). The van der Waals surface area contributed by atoms with E-state index in [1.807, 2.05) is 6.26 Å². The molecule has 15 nitrogen and oxygen atoms in total. The number of carbonyl (C=O) groups is 4. The Morgan fingerprint density at radius 3 is 2.19 bits per heavy atom. The molecule has 0 fully saturated rings. The highest BCUT2D eigenvalue weighted by molar-refractivity contribution is 7.98. The molecule has 16 heteroatoms. The van der Waals surface area contributed by atoms with Crippen LogP contribution in [0.25, 0.3) is 0 Å². The lowest BCUT2D eigenvalue weighted by molar-refractivity contribution is -0.142. The minimum absolute atomic E-state index is 0.0367. The first kappa shape index (κ1) is 31.7. The van der Waals surface area contributed by atoms with Crippen molar-refractivity contribution in [3.05, 3.63) is 18.2 Å². The van der Waals surface area contributed by atoms with Gasteiger partial charge in [0.15, 0.2) is 5.96 Å². The fourth-order valence-electron chi connectivity index (χ4n) is 3.12. The Kier molecular flexibility index (Phi) is 14.0. The number of guanidine groups is 1. The molecule has 12 N–H and O–H groups in total. The highest BCUT2D eigenvalue weighted by Crippen LogP contribution is 2.07. The monoisotopic (exact) mass is 543 g/mol. The van der Waals surface area contributed by atoms with Crippen molar-refractivity contribution in [2.45, 2.75) is 62.9 Å². The Bertz CT molecular complexity index is 908. The van der Waals surface area contributed by atoms with Crippen LogP contribution in [0.15, 0.2) is 17.5 Å². The average molecular weight is 544 g/mol. The minimum atomic E-state index is -1.28. The highest BCUT2D eigenvalue weighted by Gasteiger charge is 2.31. The maximum absolute atomic E-state index is 13.1. The molecule has 1 aromatic heterocycles. The number of thioether (sulfide) groups is 1. The molecule has 0 radical (unpaired) electrons. The molecule has 0 saturated heterocycles. The maximum atomic E-state index is 13.1. The molecule has 5 atom stereocenters. The lowest BCUT2D eigenvalue weighted by atomic mass is 10.1. The van der Waals surface area contributed by atoms with Crippen molar-refractivity contribution in [1.82, 2.24) is 25.9 Å². The van der Waals surface area contributed by atoms with Crippen LogP contribution in [0.3, 0.4) is 0 Å². The Balaban J connectivity index is 2.99. The Labute approximate surface area is 218 Å². The molecule has 0 bridgehead atoms. The van der Waals surface area contributed by atoms with Crippen LogP contribution in [0.5, 0.6) is 0 Å². The number of imidazole rings is 1. The molecule has 1 aromatic rings. The first-order valence-corrected chi connectivity index (χ1v) is 12.9. The summed E-state index contributed by atoms with van der Waals surface area (Å²) in [6.45, 7) is 1.53. The summed E-state index contributed by atoms with van der Waals surface area (Å²) < 4.78 is 0. The van der Waals surface area contributed by atoms with Crippen LogP contribution in [0, 0.1) is 0 Å². The number of rotatable bonds is 17. The lowest BCUT2D eigenvalue weighted by Crippen LogP contribution is -2.58. The van der Waals surface area contributed by atoms with Gasteiger partial charge in [0.2, 0.25) is 17.7 Å². The third-order valence-corrected chi connectivity index (χ3v) is 5.88. The third kappa shape index (κ3) is 11.9. The molecule has 3 amide bonds. The summed E-state index contributed by atoms with van der Waals surface area (Å²) in [5.74, 6) is -3.02. The number of aliphatic hydroxyl groups excluding tert-OH is 1. The summed E-state index contributed by atoms with van der Waals surface area (Å²) >= 11 is 1.44. The van der Waals surface area contributed by atoms with Crippen LogP contribution < -0.4 is 33.2 Å². The molecule has 0 aliphatic rings. The van der Waals surface area contributed by atoms with Gasteiger partial charge in [0, 0.05) is 24.9 Å². The van der Waals surface area contributed by atoms with Gasteiger partial charge in [-0.2, -0.15) is 11.8 Å². The average Bonchev–Trinajstić information content (AvgIpc) is 3.35. The zero-order valence-electron chi connectivity index (χ0n) is 20.8. The van der Waals surface area contributed by atoms with E-state index in [2.05, 4.69) is 30.9 Å². The fourth-order valence-corrected chi connectivity index (χ4v) is 3.60. The van der Waals surface area contributed by atoms with Gasteiger partial charge < -0.3 is 48.3 Å². The van der Waals surface area contributed by atoms with E-state index in [9.17, 15) is 29.4 Å². The number of aromatic nitrogens is 2. The van der Waals surface area contributed by atoms with Crippen molar-refractivity contribution in [2.24, 2.45) is 22.2 Å². The Morgan fingerprint density at radius 1 is 1.08 bits per heavy atom. The van der Waals surface area contributed by atoms with Crippen LogP contribution in [-0.2, 0) is 25.6 Å². The number of carboxylic acids is 1. The van der Waals surface area contributed by atoms with E-state index >= 15 is 0 Å². The number of carboxylic acid groups (broad SMARTS) is 1. The summed E-state index contributed by atoms with van der Waals surface area (Å²) in [4.78, 5) is 60.7. The van der Waals surface area contributed by atoms with Crippen LogP contribution in [0.2, 0.25) is 0 Å². The van der Waals surface area contributed by atoms with Gasteiger partial charge in [-0.1, -0.05) is 0 Å². The number of hydrogen-bond donors (Lipinski definition) is 9. The summed E-state index contributed by atoms with van der Waals surface area (Å²) in [5, 5.41) is 26.7. The van der Waals surface area contributed by atoms with Gasteiger partial charge in [0.1, 0.15) is 24.2 Å². The van der Waals surface area contributed by atoms with Gasteiger partial charge in [0.05, 0.1) is 12.4 Å². The van der Waals surface area contributed by atoms with Gasteiger partial charge >= 0.3 is 5.97 Å². The van der Waals surface area contributed by atoms with Crippen molar-refractivity contribution in [1.29, 1.82) is 0 Å². The van der Waals surface area contributed by atoms with E-state index in [0.717, 1.165) is 0 Å². The molecule has 1 heterocycles. The number of carbonyl (C=O) groups excluding carboxylic acids is 3. The first-order chi connectivity index (χ1) is 17.5. The van der Waals surface area contributed by atoms with Crippen LogP contribution in [0.1, 0.15) is 31.9 Å². The zero-order valence-corrected chi connectivity index (χ0v) is 21.7. The number of nitrogens with one attached hydrogen (secondary N) is 4. The van der Waals surface area contributed by atoms with E-state index in [1.165, 1.54) is 31.2 Å². The van der Waals surface area contributed by atoms with Gasteiger partial charge in [-0.25, -0.2) is 9.78 Å². The number of H-pyrrole nitrogens is 1. The van der Waals surface area contributed by atoms with Crippen molar-refractivity contribution in [3.63, 3.8) is 0 Å². The summed E-state index contributed by atoms with van der Waals surface area (Å²) in [6.07, 6.45) is 4.09. The smallest absolute Gasteiger partial charge is 0.326 e. The van der Waals surface area contributed by atoms with Crippen molar-refractivity contribution in [2.75, 3.05) is 18.6 Å². The molecule has 0 aromatic carbocycles. The van der Waals surface area contributed by atoms with Gasteiger partial charge in [0.25, 0.3) is 0 Å². The number of aliphatic carboxylic acids is 1. The second kappa shape index (κ2) is 16.4. The molecule has 37 heavy (non-hydrogen) atoms. The van der Waals surface area contributed by atoms with Gasteiger partial charge in [-0.15, -0.1) is 0 Å². The predicted molar refractivity (Wildman–Crippen MR) is 138 cm³/mol. The zero-order chi connectivity index (χ0) is 28.0. The second-order valence-corrected chi connectivity index (χ2v) is 9.29. The second-order valence-electron chi connectivity index (χ2n) is 8.30. The third-order valence-electron chi connectivity index (χ3n) is 5.24. The van der Waals surface area contributed by atoms with Gasteiger partial charge in [-0.3, -0.25) is 19.4 Å². The molecule has 0 saturated carbocycles. The molecule has 1 rings (SSSR count). The summed E-state index contributed by atoms with van der Waals surface area (Å²) in [5.41, 5.74) is 16.8. The SMILES string of the molecule is CSCCC(NC(=O)C(CCCN=C(N)N)NC(=O)C(N)C(C)O)C(=O)NC(Cc1cnc[nH]1)C(=O)O. The molecule has 208 valence electrons. The van der Waals surface area contributed by atoms with Crippen molar-refractivity contribution < 1.29 is 29.4 Å². The lowest BCUT2D eigenvalue weighted by Gasteiger charge is -2.25. The number of aromatic amines is 1. The Morgan fingerprint density at radius 2 is 1.68 bits per heavy atom. The maximum Gasteiger partial charge on any atom is 0.326 e. The van der Waals surface area contributed by atoms with E-state index < -0.39 is 54.0 Å². The predicted octanol–water partition coefficient (Wildman–Crippen LogP) is -2.99. The van der Waals surface area contributed by atoms with E-state index in [4.69, 9.17) is 17.2 Å². The number of hydrogen-bond acceptors (Lipinski definition) is 9. The van der Waals surface area contributed by atoms with E-state index in [-0.39, 0.29) is 31.8 Å². The van der Waals surface area contributed by atoms with Crippen molar-refractivity contribution in [3.8, 4) is 0 Å². The van der Waals surface area contributed by atoms with Crippen LogP contribution in [0.4, 0.5) is 0 Å². The summed E-state index contributed by atoms with van der Waals surface area (Å²) in [6, 6.07) is -4.73. The number of aliphatic hydroxyl groups is 1. The van der Waals surface area contributed by atoms with Gasteiger partial charge in [-0.05, 0) is 38.2 Å².